The molecule has 9 heteroatoms. The number of rotatable bonds is 8. The van der Waals surface area contributed by atoms with Crippen LogP contribution >= 0.6 is 0 Å². The maximum atomic E-state index is 14.5. The second-order valence-electron chi connectivity index (χ2n) is 15.1. The van der Waals surface area contributed by atoms with Crippen molar-refractivity contribution in [1.82, 2.24) is 29.2 Å². The third kappa shape index (κ3) is 5.85. The summed E-state index contributed by atoms with van der Waals surface area (Å²) in [5.41, 5.74) is 4.40. The van der Waals surface area contributed by atoms with Crippen LogP contribution in [-0.4, -0.2) is 106 Å². The van der Waals surface area contributed by atoms with Crippen molar-refractivity contribution >= 4 is 22.7 Å². The minimum absolute atomic E-state index is 0.000591. The summed E-state index contributed by atoms with van der Waals surface area (Å²) in [6.07, 6.45) is 10.7. The van der Waals surface area contributed by atoms with Gasteiger partial charge in [0.15, 0.2) is 0 Å². The number of halogens is 1. The van der Waals surface area contributed by atoms with E-state index < -0.39 is 5.82 Å². The molecule has 246 valence electrons. The van der Waals surface area contributed by atoms with Crippen LogP contribution in [0, 0.1) is 36.4 Å². The molecule has 0 N–H and O–H groups in total. The van der Waals surface area contributed by atoms with Gasteiger partial charge in [-0.15, -0.1) is 0 Å². The lowest BCUT2D eigenvalue weighted by Crippen LogP contribution is -2.47. The Morgan fingerprint density at radius 3 is 2.48 bits per heavy atom. The Hall–Kier alpha value is -3.30. The number of fused-ring (bicyclic) bond motifs is 2. The van der Waals surface area contributed by atoms with E-state index in [0.29, 0.717) is 29.0 Å². The second kappa shape index (κ2) is 12.4. The van der Waals surface area contributed by atoms with E-state index in [4.69, 9.17) is 0 Å². The van der Waals surface area contributed by atoms with Gasteiger partial charge >= 0.3 is 0 Å². The standard InChI is InChI=1S/C37H49FN6O2/c1-23(2)40(5)37(46)33-13-31(38)6-7-34(33)44-22-28(36-24(3)14-39-15-35(36)44)10-26-8-9-41(16-26)17-27-11-32(12-27)43-20-29-18-42(25(4)45)19-30(29)21-43/h6-7,13-15,22-23,26-27,29-30,32H,8-12,16-21H2,1-5H3/t26-,27-,29+,30+,32+/m0/s1. The van der Waals surface area contributed by atoms with Crippen LogP contribution in [0.25, 0.3) is 16.6 Å². The lowest BCUT2D eigenvalue weighted by Gasteiger charge is -2.43. The van der Waals surface area contributed by atoms with E-state index >= 15 is 0 Å². The summed E-state index contributed by atoms with van der Waals surface area (Å²) in [6, 6.07) is 5.25. The van der Waals surface area contributed by atoms with Gasteiger partial charge in [-0.05, 0) is 106 Å². The Morgan fingerprint density at radius 2 is 1.78 bits per heavy atom. The van der Waals surface area contributed by atoms with E-state index in [9.17, 15) is 14.0 Å². The first-order chi connectivity index (χ1) is 22.0. The van der Waals surface area contributed by atoms with Gasteiger partial charge in [0.05, 0.1) is 23.0 Å². The summed E-state index contributed by atoms with van der Waals surface area (Å²) < 4.78 is 16.5. The maximum absolute atomic E-state index is 14.5. The molecule has 0 radical (unpaired) electrons. The Labute approximate surface area is 272 Å². The highest BCUT2D eigenvalue weighted by Gasteiger charge is 2.45. The van der Waals surface area contributed by atoms with Gasteiger partial charge in [0.25, 0.3) is 5.91 Å². The topological polar surface area (TPSA) is 64.9 Å². The molecule has 3 aliphatic heterocycles. The molecule has 0 bridgehead atoms. The van der Waals surface area contributed by atoms with Crippen LogP contribution in [-0.2, 0) is 11.2 Å². The second-order valence-corrected chi connectivity index (χ2v) is 15.1. The number of hydrogen-bond acceptors (Lipinski definition) is 5. The first-order valence-electron chi connectivity index (χ1n) is 17.3. The predicted molar refractivity (Wildman–Crippen MR) is 179 cm³/mol. The molecule has 4 aliphatic rings. The molecule has 0 unspecified atom stereocenters. The highest BCUT2D eigenvalue weighted by atomic mass is 19.1. The van der Waals surface area contributed by atoms with Crippen LogP contribution in [0.15, 0.2) is 36.8 Å². The smallest absolute Gasteiger partial charge is 0.256 e. The highest BCUT2D eigenvalue weighted by Crippen LogP contribution is 2.40. The zero-order chi connectivity index (χ0) is 32.3. The maximum Gasteiger partial charge on any atom is 0.256 e. The number of aryl methyl sites for hydroxylation is 1. The Kier molecular flexibility index (Phi) is 8.42. The van der Waals surface area contributed by atoms with E-state index in [2.05, 4.69) is 32.5 Å². The zero-order valence-corrected chi connectivity index (χ0v) is 28.1. The lowest BCUT2D eigenvalue weighted by atomic mass is 9.79. The molecule has 4 fully saturated rings. The number of amides is 2. The van der Waals surface area contributed by atoms with Gasteiger partial charge in [0.2, 0.25) is 5.91 Å². The molecule has 46 heavy (non-hydrogen) atoms. The predicted octanol–water partition coefficient (Wildman–Crippen LogP) is 5.01. The minimum Gasteiger partial charge on any atom is -0.342 e. The highest BCUT2D eigenvalue weighted by molar-refractivity contribution is 5.99. The van der Waals surface area contributed by atoms with E-state index in [1.807, 2.05) is 31.1 Å². The molecule has 2 aromatic heterocycles. The Bertz CT molecular complexity index is 1620. The van der Waals surface area contributed by atoms with Crippen molar-refractivity contribution in [1.29, 1.82) is 0 Å². The average molecular weight is 629 g/mol. The van der Waals surface area contributed by atoms with Crippen molar-refractivity contribution in [3.8, 4) is 5.69 Å². The summed E-state index contributed by atoms with van der Waals surface area (Å²) in [5, 5.41) is 1.19. The van der Waals surface area contributed by atoms with E-state index in [1.165, 1.54) is 62.0 Å². The molecule has 1 saturated carbocycles. The van der Waals surface area contributed by atoms with Gasteiger partial charge in [0.1, 0.15) is 5.82 Å². The molecule has 5 heterocycles. The van der Waals surface area contributed by atoms with Gasteiger partial charge in [-0.3, -0.25) is 19.5 Å². The van der Waals surface area contributed by atoms with Crippen molar-refractivity contribution in [3.63, 3.8) is 0 Å². The molecule has 1 aromatic carbocycles. The van der Waals surface area contributed by atoms with Crippen molar-refractivity contribution in [3.05, 3.63) is 59.3 Å². The Balaban J connectivity index is 1.00. The molecule has 8 nitrogen and oxygen atoms in total. The monoisotopic (exact) mass is 628 g/mol. The normalized spacial score (nSPS) is 26.7. The SMILES string of the molecule is CC(=O)N1C[C@@H]2CN([C@H]3C[C@@H](CN4CC[C@@H](Cc5cn(-c6ccc(F)cc6C(=O)N(C)C(C)C)c6cncc(C)c56)C4)C3)C[C@H]2C1. The van der Waals surface area contributed by atoms with Crippen molar-refractivity contribution in [2.75, 3.05) is 52.9 Å². The summed E-state index contributed by atoms with van der Waals surface area (Å²) in [5.74, 6) is 2.33. The van der Waals surface area contributed by atoms with Gasteiger partial charge in [-0.1, -0.05) is 0 Å². The summed E-state index contributed by atoms with van der Waals surface area (Å²) in [6.45, 7) is 15.4. The lowest BCUT2D eigenvalue weighted by molar-refractivity contribution is -0.128. The number of hydrogen-bond donors (Lipinski definition) is 0. The molecule has 3 aromatic rings. The molecule has 1 aliphatic carbocycles. The van der Waals surface area contributed by atoms with Crippen molar-refractivity contribution < 1.29 is 14.0 Å². The number of carbonyl (C=O) groups excluding carboxylic acids is 2. The molecular formula is C37H49FN6O2. The zero-order valence-electron chi connectivity index (χ0n) is 28.1. The summed E-state index contributed by atoms with van der Waals surface area (Å²) >= 11 is 0. The largest absolute Gasteiger partial charge is 0.342 e. The van der Waals surface area contributed by atoms with Gasteiger partial charge in [0, 0.05) is 83.1 Å². The van der Waals surface area contributed by atoms with E-state index in [0.717, 1.165) is 55.6 Å². The molecule has 3 atom stereocenters. The number of carbonyl (C=O) groups is 2. The van der Waals surface area contributed by atoms with Crippen LogP contribution in [0.1, 0.15) is 61.5 Å². The number of aromatic nitrogens is 2. The van der Waals surface area contributed by atoms with E-state index in [-0.39, 0.29) is 17.9 Å². The number of pyridine rings is 1. The van der Waals surface area contributed by atoms with Crippen LogP contribution in [0.3, 0.4) is 0 Å². The number of benzene rings is 1. The molecule has 2 amide bonds. The van der Waals surface area contributed by atoms with Crippen LogP contribution < -0.4 is 0 Å². The minimum atomic E-state index is -0.414. The fraction of sp³-hybridized carbons (Fsp3) is 0.595. The van der Waals surface area contributed by atoms with Gasteiger partial charge in [-0.2, -0.15) is 0 Å². The number of nitrogens with zero attached hydrogens (tertiary/aromatic N) is 6. The number of likely N-dealkylation sites (tertiary alicyclic amines) is 3. The van der Waals surface area contributed by atoms with Crippen LogP contribution in [0.4, 0.5) is 4.39 Å². The summed E-state index contributed by atoms with van der Waals surface area (Å²) in [4.78, 5) is 38.9. The van der Waals surface area contributed by atoms with Crippen molar-refractivity contribution in [2.24, 2.45) is 23.7 Å². The van der Waals surface area contributed by atoms with Crippen molar-refractivity contribution in [2.45, 2.75) is 65.5 Å². The average Bonchev–Trinajstić information content (AvgIpc) is 3.77. The third-order valence-corrected chi connectivity index (χ3v) is 11.6. The van der Waals surface area contributed by atoms with Crippen LogP contribution in [0.5, 0.6) is 0 Å². The molecular weight excluding hydrogens is 579 g/mol. The molecule has 3 saturated heterocycles. The van der Waals surface area contributed by atoms with E-state index in [1.54, 1.807) is 24.9 Å². The van der Waals surface area contributed by atoms with Gasteiger partial charge < -0.3 is 19.3 Å². The first-order valence-corrected chi connectivity index (χ1v) is 17.3. The van der Waals surface area contributed by atoms with Crippen LogP contribution in [0.2, 0.25) is 0 Å². The summed E-state index contributed by atoms with van der Waals surface area (Å²) in [7, 11) is 1.77. The molecule has 0 spiro atoms. The quantitative estimate of drug-likeness (QED) is 0.351. The third-order valence-electron chi connectivity index (χ3n) is 11.6. The van der Waals surface area contributed by atoms with Gasteiger partial charge in [-0.25, -0.2) is 4.39 Å². The fourth-order valence-corrected chi connectivity index (χ4v) is 8.76. The fourth-order valence-electron chi connectivity index (χ4n) is 8.76. The Morgan fingerprint density at radius 1 is 1.04 bits per heavy atom. The first kappa shape index (κ1) is 31.3. The molecule has 7 rings (SSSR count).